The molecule has 0 radical (unpaired) electrons. The van der Waals surface area contributed by atoms with Crippen molar-refractivity contribution >= 4 is 46.9 Å². The van der Waals surface area contributed by atoms with Crippen molar-refractivity contribution in [2.24, 2.45) is 0 Å². The number of carbonyl (C=O) groups is 1. The highest BCUT2D eigenvalue weighted by Gasteiger charge is 2.11. The Labute approximate surface area is 96.8 Å². The van der Waals surface area contributed by atoms with Gasteiger partial charge >= 0.3 is 0 Å². The third-order valence-electron chi connectivity index (χ3n) is 1.59. The molecule has 0 aromatic heterocycles. The van der Waals surface area contributed by atoms with Crippen molar-refractivity contribution in [1.29, 1.82) is 0 Å². The Bertz CT molecular complexity index is 305. The average molecular weight is 323 g/mol. The van der Waals surface area contributed by atoms with Gasteiger partial charge in [0.15, 0.2) is 5.78 Å². The van der Waals surface area contributed by atoms with Crippen LogP contribution < -0.4 is 0 Å². The maximum Gasteiger partial charge on any atom is 0.162 e. The number of Topliss-reactive ketones (excluding diaryl/α,β-unsaturated/α-hetero) is 1. The quantitative estimate of drug-likeness (QED) is 0.609. The van der Waals surface area contributed by atoms with Crippen LogP contribution in [0.5, 0.6) is 0 Å². The second-order valence-corrected chi connectivity index (χ2v) is 4.73. The largest absolute Gasteiger partial charge is 0.558 e. The van der Waals surface area contributed by atoms with Gasteiger partial charge in [-0.3, -0.25) is 4.79 Å². The van der Waals surface area contributed by atoms with Crippen LogP contribution in [-0.2, 0) is 0 Å². The maximum atomic E-state index is 11.6. The van der Waals surface area contributed by atoms with E-state index in [1.807, 2.05) is 18.2 Å². The van der Waals surface area contributed by atoms with E-state index in [-0.39, 0.29) is 5.78 Å². The van der Waals surface area contributed by atoms with Gasteiger partial charge < -0.3 is 9.24 Å². The van der Waals surface area contributed by atoms with Crippen molar-refractivity contribution in [2.45, 2.75) is 6.42 Å². The zero-order chi connectivity index (χ0) is 9.84. The lowest BCUT2D eigenvalue weighted by Crippen LogP contribution is -2.01. The average Bonchev–Trinajstić information content (AvgIpc) is 2.04. The van der Waals surface area contributed by atoms with Gasteiger partial charge in [0, 0.05) is 14.5 Å². The number of benzene rings is 1. The van der Waals surface area contributed by atoms with Gasteiger partial charge in [0.2, 0.25) is 0 Å². The van der Waals surface area contributed by atoms with Crippen molar-refractivity contribution in [3.8, 4) is 0 Å². The SMILES string of the molecule is O=C(CC[PH-])c1c(Br)cccc1Br. The molecule has 0 bridgehead atoms. The van der Waals surface area contributed by atoms with Gasteiger partial charge in [0.1, 0.15) is 0 Å². The summed E-state index contributed by atoms with van der Waals surface area (Å²) in [5.41, 5.74) is 0.723. The highest BCUT2D eigenvalue weighted by molar-refractivity contribution is 9.11. The van der Waals surface area contributed by atoms with Gasteiger partial charge in [0.25, 0.3) is 0 Å². The van der Waals surface area contributed by atoms with Gasteiger partial charge in [-0.05, 0) is 18.6 Å². The lowest BCUT2D eigenvalue weighted by molar-refractivity contribution is 0.0988. The molecule has 13 heavy (non-hydrogen) atoms. The minimum atomic E-state index is 0.134. The molecule has 0 aliphatic rings. The van der Waals surface area contributed by atoms with Gasteiger partial charge in [-0.1, -0.05) is 37.9 Å². The Balaban J connectivity index is 3.05. The van der Waals surface area contributed by atoms with Crippen molar-refractivity contribution in [1.82, 2.24) is 0 Å². The van der Waals surface area contributed by atoms with Crippen LogP contribution in [0.15, 0.2) is 27.1 Å². The zero-order valence-corrected chi connectivity index (χ0v) is 11.0. The highest BCUT2D eigenvalue weighted by atomic mass is 79.9. The molecule has 0 aliphatic heterocycles. The van der Waals surface area contributed by atoms with E-state index >= 15 is 0 Å². The molecule has 0 atom stereocenters. The molecule has 0 amide bonds. The Morgan fingerprint density at radius 3 is 2.31 bits per heavy atom. The summed E-state index contributed by atoms with van der Waals surface area (Å²) in [7, 11) is 3.29. The molecule has 0 spiro atoms. The molecule has 1 nitrogen and oxygen atoms in total. The summed E-state index contributed by atoms with van der Waals surface area (Å²) in [4.78, 5) is 11.6. The first-order chi connectivity index (χ1) is 6.16. The van der Waals surface area contributed by atoms with Gasteiger partial charge in [-0.2, -0.15) is 6.16 Å². The molecule has 0 fully saturated rings. The molecular formula is C9H8Br2OP-. The van der Waals surface area contributed by atoms with E-state index in [4.69, 9.17) is 0 Å². The van der Waals surface area contributed by atoms with Crippen molar-refractivity contribution in [3.63, 3.8) is 0 Å². The number of hydrogen-bond donors (Lipinski definition) is 0. The fraction of sp³-hybridized carbons (Fsp3) is 0.222. The van der Waals surface area contributed by atoms with Crippen LogP contribution in [-0.4, -0.2) is 11.9 Å². The second kappa shape index (κ2) is 5.23. The molecule has 0 heterocycles. The molecule has 1 rings (SSSR count). The molecule has 4 heteroatoms. The summed E-state index contributed by atoms with van der Waals surface area (Å²) in [6.45, 7) is 0. The van der Waals surface area contributed by atoms with E-state index in [9.17, 15) is 4.79 Å². The van der Waals surface area contributed by atoms with Crippen LogP contribution in [0, 0.1) is 0 Å². The van der Waals surface area contributed by atoms with Crippen LogP contribution in [0.25, 0.3) is 0 Å². The number of hydrogen-bond acceptors (Lipinski definition) is 1. The van der Waals surface area contributed by atoms with Crippen LogP contribution in [0.1, 0.15) is 16.8 Å². The first kappa shape index (κ1) is 11.4. The molecule has 0 saturated heterocycles. The topological polar surface area (TPSA) is 17.1 Å². The lowest BCUT2D eigenvalue weighted by atomic mass is 10.1. The molecule has 0 N–H and O–H groups in total. The van der Waals surface area contributed by atoms with Crippen LogP contribution in [0.3, 0.4) is 0 Å². The zero-order valence-electron chi connectivity index (χ0n) is 6.81. The van der Waals surface area contributed by atoms with Crippen molar-refractivity contribution < 1.29 is 4.79 Å². The highest BCUT2D eigenvalue weighted by Crippen LogP contribution is 2.26. The first-order valence-electron chi connectivity index (χ1n) is 3.78. The van der Waals surface area contributed by atoms with E-state index in [0.29, 0.717) is 12.6 Å². The monoisotopic (exact) mass is 321 g/mol. The fourth-order valence-electron chi connectivity index (χ4n) is 1.00. The summed E-state index contributed by atoms with van der Waals surface area (Å²) < 4.78 is 1.68. The van der Waals surface area contributed by atoms with Gasteiger partial charge in [0.05, 0.1) is 0 Å². The van der Waals surface area contributed by atoms with Gasteiger partial charge in [-0.15, -0.1) is 0 Å². The molecule has 1 aromatic rings. The first-order valence-corrected chi connectivity index (χ1v) is 6.08. The molecule has 1 aromatic carbocycles. The number of rotatable bonds is 3. The molecule has 0 aliphatic carbocycles. The summed E-state index contributed by atoms with van der Waals surface area (Å²) >= 11 is 6.70. The third-order valence-corrected chi connectivity index (χ3v) is 3.17. The normalized spacial score (nSPS) is 10.1. The minimum Gasteiger partial charge on any atom is -0.558 e. The van der Waals surface area contributed by atoms with E-state index in [0.717, 1.165) is 14.5 Å². The number of halogens is 2. The number of carbonyl (C=O) groups excluding carboxylic acids is 1. The number of ketones is 1. The van der Waals surface area contributed by atoms with E-state index < -0.39 is 0 Å². The smallest absolute Gasteiger partial charge is 0.162 e. The van der Waals surface area contributed by atoms with Gasteiger partial charge in [-0.25, -0.2) is 0 Å². The van der Waals surface area contributed by atoms with Crippen molar-refractivity contribution in [3.05, 3.63) is 32.7 Å². The summed E-state index contributed by atoms with van der Waals surface area (Å²) in [5.74, 6) is 0.134. The maximum absolute atomic E-state index is 11.6. The predicted octanol–water partition coefficient (Wildman–Crippen LogP) is 3.93. The van der Waals surface area contributed by atoms with E-state index in [1.165, 1.54) is 0 Å². The van der Waals surface area contributed by atoms with Crippen LogP contribution in [0.4, 0.5) is 0 Å². The molecular weight excluding hydrogens is 315 g/mol. The van der Waals surface area contributed by atoms with E-state index in [1.54, 1.807) is 0 Å². The summed E-state index contributed by atoms with van der Waals surface area (Å²) in [6, 6.07) is 5.62. The Hall–Kier alpha value is 0.280. The third kappa shape index (κ3) is 2.87. The Kier molecular flexibility index (Phi) is 4.57. The Morgan fingerprint density at radius 2 is 1.85 bits per heavy atom. The van der Waals surface area contributed by atoms with Crippen LogP contribution >= 0.6 is 41.1 Å². The van der Waals surface area contributed by atoms with E-state index in [2.05, 4.69) is 41.1 Å². The summed E-state index contributed by atoms with van der Waals surface area (Å²) in [5, 5.41) is 0. The standard InChI is InChI=1S/C9H8Br2OP/c10-6-2-1-3-7(11)9(6)8(12)4-5-13/h1-3,13H,4-5H2/q-1. The molecule has 70 valence electrons. The molecule has 0 saturated carbocycles. The summed E-state index contributed by atoms with van der Waals surface area (Å²) in [6.07, 6.45) is 1.20. The second-order valence-electron chi connectivity index (χ2n) is 2.52. The molecule has 0 unspecified atom stereocenters. The minimum absolute atomic E-state index is 0.134. The lowest BCUT2D eigenvalue weighted by Gasteiger charge is -2.06. The van der Waals surface area contributed by atoms with Crippen molar-refractivity contribution in [2.75, 3.05) is 6.16 Å². The Morgan fingerprint density at radius 1 is 1.31 bits per heavy atom. The fourth-order valence-corrected chi connectivity index (χ4v) is 2.67. The van der Waals surface area contributed by atoms with Crippen LogP contribution in [0.2, 0.25) is 0 Å². The predicted molar refractivity (Wildman–Crippen MR) is 64.0 cm³/mol.